The van der Waals surface area contributed by atoms with E-state index < -0.39 is 0 Å². The second kappa shape index (κ2) is 5.76. The first-order valence-corrected chi connectivity index (χ1v) is 6.66. The van der Waals surface area contributed by atoms with Crippen LogP contribution in [0, 0.1) is 6.92 Å². The van der Waals surface area contributed by atoms with Crippen LogP contribution in [0.2, 0.25) is 5.02 Å². The van der Waals surface area contributed by atoms with Gasteiger partial charge in [0.1, 0.15) is 5.75 Å². The summed E-state index contributed by atoms with van der Waals surface area (Å²) in [6.07, 6.45) is 1.75. The number of hydrogen-bond donors (Lipinski definition) is 0. The molecule has 0 aliphatic carbocycles. The van der Waals surface area contributed by atoms with E-state index >= 15 is 0 Å². The van der Waals surface area contributed by atoms with Gasteiger partial charge in [-0.2, -0.15) is 0 Å². The van der Waals surface area contributed by atoms with Gasteiger partial charge in [0.15, 0.2) is 5.82 Å². The molecule has 1 aromatic carbocycles. The molecule has 0 radical (unpaired) electrons. The number of rotatable bonds is 3. The molecular formula is C14H14Cl2N2O. The van der Waals surface area contributed by atoms with Gasteiger partial charge in [0, 0.05) is 22.5 Å². The van der Waals surface area contributed by atoms with E-state index in [0.717, 1.165) is 16.8 Å². The van der Waals surface area contributed by atoms with Crippen molar-refractivity contribution in [2.24, 2.45) is 0 Å². The van der Waals surface area contributed by atoms with E-state index in [1.54, 1.807) is 25.4 Å². The lowest BCUT2D eigenvalue weighted by atomic mass is 10.1. The van der Waals surface area contributed by atoms with Crippen molar-refractivity contribution in [1.29, 1.82) is 0 Å². The molecule has 0 amide bonds. The molecule has 0 saturated carbocycles. The lowest BCUT2D eigenvalue weighted by molar-refractivity contribution is 0.416. The SMILES string of the molecule is COc1cc(Cl)ccc1-c1ncc(C(C)Cl)c(C)n1. The van der Waals surface area contributed by atoms with E-state index in [-0.39, 0.29) is 5.38 Å². The molecule has 0 N–H and O–H groups in total. The molecule has 3 nitrogen and oxygen atoms in total. The van der Waals surface area contributed by atoms with Crippen LogP contribution in [0.1, 0.15) is 23.6 Å². The summed E-state index contributed by atoms with van der Waals surface area (Å²) in [4.78, 5) is 8.83. The Morgan fingerprint density at radius 1 is 1.32 bits per heavy atom. The van der Waals surface area contributed by atoms with Crippen molar-refractivity contribution < 1.29 is 4.74 Å². The maximum Gasteiger partial charge on any atom is 0.163 e. The van der Waals surface area contributed by atoms with Crippen LogP contribution >= 0.6 is 23.2 Å². The summed E-state index contributed by atoms with van der Waals surface area (Å²) in [6, 6.07) is 5.38. The van der Waals surface area contributed by atoms with Crippen molar-refractivity contribution in [1.82, 2.24) is 9.97 Å². The van der Waals surface area contributed by atoms with Gasteiger partial charge in [0.2, 0.25) is 0 Å². The average Bonchev–Trinajstić information content (AvgIpc) is 2.37. The molecule has 100 valence electrons. The fraction of sp³-hybridized carbons (Fsp3) is 0.286. The highest BCUT2D eigenvalue weighted by Crippen LogP contribution is 2.31. The maximum atomic E-state index is 6.06. The van der Waals surface area contributed by atoms with Crippen LogP contribution in [0.25, 0.3) is 11.4 Å². The highest BCUT2D eigenvalue weighted by atomic mass is 35.5. The van der Waals surface area contributed by atoms with Gasteiger partial charge in [-0.15, -0.1) is 11.6 Å². The molecule has 0 aliphatic heterocycles. The zero-order chi connectivity index (χ0) is 14.0. The average molecular weight is 297 g/mol. The Balaban J connectivity index is 2.51. The largest absolute Gasteiger partial charge is 0.496 e. The van der Waals surface area contributed by atoms with E-state index in [9.17, 15) is 0 Å². The molecule has 0 bridgehead atoms. The van der Waals surface area contributed by atoms with Crippen LogP contribution < -0.4 is 4.74 Å². The van der Waals surface area contributed by atoms with Gasteiger partial charge in [-0.3, -0.25) is 0 Å². The quantitative estimate of drug-likeness (QED) is 0.787. The Morgan fingerprint density at radius 2 is 2.05 bits per heavy atom. The molecule has 19 heavy (non-hydrogen) atoms. The lowest BCUT2D eigenvalue weighted by Gasteiger charge is -2.11. The third kappa shape index (κ3) is 2.99. The summed E-state index contributed by atoms with van der Waals surface area (Å²) >= 11 is 12.0. The van der Waals surface area contributed by atoms with Gasteiger partial charge in [-0.05, 0) is 32.0 Å². The monoisotopic (exact) mass is 296 g/mol. The minimum atomic E-state index is -0.110. The molecule has 0 fully saturated rings. The predicted octanol–water partition coefficient (Wildman–Crippen LogP) is 4.41. The maximum absolute atomic E-state index is 6.06. The number of halogens is 2. The first-order valence-electron chi connectivity index (χ1n) is 5.84. The van der Waals surface area contributed by atoms with Gasteiger partial charge >= 0.3 is 0 Å². The van der Waals surface area contributed by atoms with Crippen LogP contribution in [-0.2, 0) is 0 Å². The highest BCUT2D eigenvalue weighted by Gasteiger charge is 2.13. The smallest absolute Gasteiger partial charge is 0.163 e. The van der Waals surface area contributed by atoms with Crippen molar-refractivity contribution >= 4 is 23.2 Å². The lowest BCUT2D eigenvalue weighted by Crippen LogP contribution is -1.99. The second-order valence-electron chi connectivity index (χ2n) is 4.19. The van der Waals surface area contributed by atoms with Gasteiger partial charge in [0.25, 0.3) is 0 Å². The number of benzene rings is 1. The van der Waals surface area contributed by atoms with Crippen molar-refractivity contribution in [2.45, 2.75) is 19.2 Å². The van der Waals surface area contributed by atoms with Crippen LogP contribution in [0.5, 0.6) is 5.75 Å². The fourth-order valence-electron chi connectivity index (χ4n) is 1.85. The molecule has 2 rings (SSSR count). The Bertz CT molecular complexity index is 600. The highest BCUT2D eigenvalue weighted by molar-refractivity contribution is 6.30. The zero-order valence-electron chi connectivity index (χ0n) is 10.9. The number of nitrogens with zero attached hydrogens (tertiary/aromatic N) is 2. The van der Waals surface area contributed by atoms with Crippen LogP contribution in [0.4, 0.5) is 0 Å². The number of hydrogen-bond acceptors (Lipinski definition) is 3. The summed E-state index contributed by atoms with van der Waals surface area (Å²) in [7, 11) is 1.59. The fourth-order valence-corrected chi connectivity index (χ4v) is 2.22. The van der Waals surface area contributed by atoms with E-state index in [0.29, 0.717) is 16.6 Å². The normalized spacial score (nSPS) is 12.3. The predicted molar refractivity (Wildman–Crippen MR) is 78.0 cm³/mol. The molecule has 1 heterocycles. The Hall–Kier alpha value is -1.32. The van der Waals surface area contributed by atoms with E-state index in [1.807, 2.05) is 19.9 Å². The van der Waals surface area contributed by atoms with Gasteiger partial charge in [-0.25, -0.2) is 9.97 Å². The van der Waals surface area contributed by atoms with Crippen molar-refractivity contribution in [2.75, 3.05) is 7.11 Å². The van der Waals surface area contributed by atoms with Crippen molar-refractivity contribution in [3.8, 4) is 17.1 Å². The van der Waals surface area contributed by atoms with E-state index in [4.69, 9.17) is 27.9 Å². The van der Waals surface area contributed by atoms with Gasteiger partial charge in [0.05, 0.1) is 18.1 Å². The Morgan fingerprint density at radius 3 is 2.63 bits per heavy atom. The summed E-state index contributed by atoms with van der Waals surface area (Å²) in [5.74, 6) is 1.26. The molecular weight excluding hydrogens is 283 g/mol. The van der Waals surface area contributed by atoms with Gasteiger partial charge < -0.3 is 4.74 Å². The summed E-state index contributed by atoms with van der Waals surface area (Å²) < 4.78 is 5.31. The molecule has 1 unspecified atom stereocenters. The van der Waals surface area contributed by atoms with E-state index in [2.05, 4.69) is 9.97 Å². The number of aryl methyl sites for hydroxylation is 1. The van der Waals surface area contributed by atoms with Crippen molar-refractivity contribution in [3.05, 3.63) is 40.7 Å². The zero-order valence-corrected chi connectivity index (χ0v) is 12.5. The minimum absolute atomic E-state index is 0.110. The van der Waals surface area contributed by atoms with Gasteiger partial charge in [-0.1, -0.05) is 11.6 Å². The number of methoxy groups -OCH3 is 1. The number of alkyl halides is 1. The topological polar surface area (TPSA) is 35.0 Å². The molecule has 1 atom stereocenters. The standard InChI is InChI=1S/C14H14Cl2N2O/c1-8(15)12-7-17-14(18-9(12)2)11-5-4-10(16)6-13(11)19-3/h4-8H,1-3H3. The summed E-state index contributed by atoms with van der Waals surface area (Å²) in [5.41, 5.74) is 2.60. The molecule has 0 spiro atoms. The van der Waals surface area contributed by atoms with Crippen LogP contribution in [0.15, 0.2) is 24.4 Å². The van der Waals surface area contributed by atoms with E-state index in [1.165, 1.54) is 0 Å². The molecule has 0 saturated heterocycles. The summed E-state index contributed by atoms with van der Waals surface area (Å²) in [5, 5.41) is 0.504. The third-order valence-corrected chi connectivity index (χ3v) is 3.32. The molecule has 1 aromatic heterocycles. The second-order valence-corrected chi connectivity index (χ2v) is 5.29. The first-order chi connectivity index (χ1) is 9.02. The number of ether oxygens (including phenoxy) is 1. The number of aromatic nitrogens is 2. The molecule has 2 aromatic rings. The van der Waals surface area contributed by atoms with Crippen molar-refractivity contribution in [3.63, 3.8) is 0 Å². The summed E-state index contributed by atoms with van der Waals surface area (Å²) in [6.45, 7) is 3.82. The van der Waals surface area contributed by atoms with Crippen LogP contribution in [0.3, 0.4) is 0 Å². The Kier molecular flexibility index (Phi) is 4.27. The Labute approximate surface area is 122 Å². The van der Waals surface area contributed by atoms with Crippen LogP contribution in [-0.4, -0.2) is 17.1 Å². The first kappa shape index (κ1) is 14.1. The minimum Gasteiger partial charge on any atom is -0.496 e. The molecule has 5 heteroatoms. The third-order valence-electron chi connectivity index (χ3n) is 2.85. The molecule has 0 aliphatic rings.